The van der Waals surface area contributed by atoms with Crippen molar-refractivity contribution >= 4 is 0 Å². The van der Waals surface area contributed by atoms with Crippen LogP contribution in [0, 0.1) is 47.5 Å². The summed E-state index contributed by atoms with van der Waals surface area (Å²) in [5.74, 6) is 8.98. The molecule has 9 atom stereocenters. The van der Waals surface area contributed by atoms with E-state index in [4.69, 9.17) is 85.3 Å². The van der Waals surface area contributed by atoms with Gasteiger partial charge in [-0.15, -0.1) is 0 Å². The monoisotopic (exact) mass is 1330 g/mol. The Morgan fingerprint density at radius 1 is 0.260 bits per heavy atom. The topological polar surface area (TPSA) is 196 Å². The van der Waals surface area contributed by atoms with E-state index in [0.717, 1.165) is 117 Å². The van der Waals surface area contributed by atoms with Gasteiger partial charge in [0, 0.05) is 0 Å². The van der Waals surface area contributed by atoms with Gasteiger partial charge in [-0.3, -0.25) is 0 Å². The summed E-state index contributed by atoms with van der Waals surface area (Å²) in [6, 6.07) is 41.4. The summed E-state index contributed by atoms with van der Waals surface area (Å²) >= 11 is 0. The highest BCUT2D eigenvalue weighted by Crippen LogP contribution is 2.28. The van der Waals surface area contributed by atoms with E-state index in [0.29, 0.717) is 114 Å². The summed E-state index contributed by atoms with van der Waals surface area (Å²) < 4.78 is 95.7. The lowest BCUT2D eigenvalue weighted by atomic mass is 10.1. The first-order chi connectivity index (χ1) is 46.7. The summed E-state index contributed by atoms with van der Waals surface area (Å²) in [7, 11) is 0. The van der Waals surface area contributed by atoms with E-state index in [2.05, 4.69) is 113 Å². The van der Waals surface area contributed by atoms with Crippen LogP contribution < -0.4 is 42.6 Å². The quantitative estimate of drug-likeness (QED) is 0.0441. The molecule has 0 N–H and O–H groups in total. The molecule has 15 rings (SSSR count). The molecule has 6 aromatic rings. The first-order valence-corrected chi connectivity index (χ1v) is 34.3. The molecule has 18 nitrogen and oxygen atoms in total. The van der Waals surface area contributed by atoms with Crippen LogP contribution in [-0.2, 0) is 42.6 Å². The minimum atomic E-state index is 0.294. The molecule has 0 radical (unpaired) electrons. The van der Waals surface area contributed by atoms with Crippen LogP contribution in [0.3, 0.4) is 0 Å². The van der Waals surface area contributed by atoms with E-state index in [1.165, 1.54) is 39.8 Å². The second-order valence-corrected chi connectivity index (χ2v) is 24.9. The van der Waals surface area contributed by atoms with Crippen molar-refractivity contribution < 1.29 is 85.3 Å². The maximum Gasteiger partial charge on any atom is 0.125 e. The number of rotatable bonds is 27. The summed E-state index contributed by atoms with van der Waals surface area (Å²) in [6.07, 6.45) is 4.01. The van der Waals surface area contributed by atoms with Crippen LogP contribution in [0.15, 0.2) is 127 Å². The highest BCUT2D eigenvalue weighted by atomic mass is 16.6. The maximum atomic E-state index is 5.67. The zero-order chi connectivity index (χ0) is 68.4. The highest BCUT2D eigenvalue weighted by Gasteiger charge is 2.29. The van der Waals surface area contributed by atoms with E-state index >= 15 is 0 Å². The summed E-state index contributed by atoms with van der Waals surface area (Å²) in [6.45, 7) is 40.5. The first kappa shape index (κ1) is 76.5. The van der Waals surface area contributed by atoms with Crippen LogP contribution in [0.25, 0.3) is 0 Å². The van der Waals surface area contributed by atoms with Crippen LogP contribution in [-0.4, -0.2) is 174 Å². The molecule has 96 heavy (non-hydrogen) atoms. The van der Waals surface area contributed by atoms with Crippen molar-refractivity contribution in [1.29, 1.82) is 0 Å². The third kappa shape index (κ3) is 34.4. The molecule has 18 heteroatoms. The van der Waals surface area contributed by atoms with Crippen molar-refractivity contribution in [2.24, 2.45) is 5.92 Å². The van der Waals surface area contributed by atoms with Gasteiger partial charge in [-0.25, -0.2) is 0 Å². The molecule has 9 unspecified atom stereocenters. The predicted molar refractivity (Wildman–Crippen MR) is 372 cm³/mol. The van der Waals surface area contributed by atoms with Gasteiger partial charge in [-0.2, -0.15) is 0 Å². The predicted octanol–water partition coefficient (Wildman–Crippen LogP) is 14.1. The fourth-order valence-electron chi connectivity index (χ4n) is 8.12. The zero-order valence-electron chi connectivity index (χ0n) is 59.2. The number of aryl methyl sites for hydroxylation is 6. The third-order valence-corrected chi connectivity index (χ3v) is 14.2. The van der Waals surface area contributed by atoms with Gasteiger partial charge in [-0.1, -0.05) is 109 Å². The van der Waals surface area contributed by atoms with E-state index in [1.54, 1.807) is 0 Å². The molecule has 9 aliphatic heterocycles. The van der Waals surface area contributed by atoms with Crippen molar-refractivity contribution in [3.05, 3.63) is 161 Å². The molecule has 0 spiro atoms. The first-order valence-electron chi connectivity index (χ1n) is 34.3. The number of epoxide rings is 9. The Morgan fingerprint density at radius 3 is 0.490 bits per heavy atom. The van der Waals surface area contributed by atoms with Crippen molar-refractivity contribution in [1.82, 2.24) is 0 Å². The Hall–Kier alpha value is -6.84. The number of benzene rings is 6. The van der Waals surface area contributed by atoms with Gasteiger partial charge in [0.25, 0.3) is 0 Å². The third-order valence-electron chi connectivity index (χ3n) is 14.2. The van der Waals surface area contributed by atoms with Crippen molar-refractivity contribution in [2.45, 2.75) is 151 Å². The molecule has 528 valence electrons. The second-order valence-electron chi connectivity index (χ2n) is 24.9. The average Bonchev–Trinajstić information content (AvgIpc) is 2.73. The molecule has 9 saturated heterocycles. The normalized spacial score (nSPS) is 21.9. The molecule has 0 aliphatic carbocycles. The summed E-state index contributed by atoms with van der Waals surface area (Å²) in [4.78, 5) is 0. The van der Waals surface area contributed by atoms with Gasteiger partial charge in [0.2, 0.25) is 0 Å². The highest BCUT2D eigenvalue weighted by molar-refractivity contribution is 5.42. The largest absolute Gasteiger partial charge is 0.491 e. The summed E-state index contributed by atoms with van der Waals surface area (Å²) in [5.41, 5.74) is 7.17. The second kappa shape index (κ2) is 42.1. The van der Waals surface area contributed by atoms with Crippen molar-refractivity contribution in [3.8, 4) is 51.7 Å². The lowest BCUT2D eigenvalue weighted by Crippen LogP contribution is -2.06. The molecule has 9 heterocycles. The molecule has 0 aromatic heterocycles. The lowest BCUT2D eigenvalue weighted by Gasteiger charge is -2.10. The maximum absolute atomic E-state index is 5.67. The van der Waals surface area contributed by atoms with Crippen LogP contribution in [0.5, 0.6) is 51.7 Å². The van der Waals surface area contributed by atoms with Crippen LogP contribution in [0.4, 0.5) is 0 Å². The Bertz CT molecular complexity index is 2560. The van der Waals surface area contributed by atoms with Crippen molar-refractivity contribution in [2.75, 3.05) is 119 Å². The van der Waals surface area contributed by atoms with Crippen LogP contribution in [0.1, 0.15) is 88.3 Å². The molecule has 6 aromatic carbocycles. The molecule has 9 aliphatic rings. The minimum Gasteiger partial charge on any atom is -0.491 e. The Labute approximate surface area is 571 Å². The Morgan fingerprint density at radius 2 is 0.375 bits per heavy atom. The van der Waals surface area contributed by atoms with Crippen LogP contribution >= 0.6 is 0 Å². The lowest BCUT2D eigenvalue weighted by molar-refractivity contribution is 0.257. The van der Waals surface area contributed by atoms with E-state index < -0.39 is 0 Å². The van der Waals surface area contributed by atoms with Gasteiger partial charge in [0.05, 0.1) is 59.5 Å². The van der Waals surface area contributed by atoms with Gasteiger partial charge >= 0.3 is 0 Å². The molecular weight excluding hydrogens is 1220 g/mol. The molecule has 9 fully saturated rings. The molecule has 0 amide bonds. The fraction of sp³-hybridized carbons (Fsp3) is 0.538. The molecule has 0 bridgehead atoms. The van der Waals surface area contributed by atoms with Gasteiger partial charge in [-0.05, 0) is 154 Å². The van der Waals surface area contributed by atoms with Gasteiger partial charge < -0.3 is 85.3 Å². The Kier molecular flexibility index (Phi) is 33.5. The number of hydrogen-bond donors (Lipinski definition) is 0. The van der Waals surface area contributed by atoms with E-state index in [-0.39, 0.29) is 0 Å². The van der Waals surface area contributed by atoms with Gasteiger partial charge in [0.15, 0.2) is 0 Å². The van der Waals surface area contributed by atoms with E-state index in [1.807, 2.05) is 105 Å². The smallest absolute Gasteiger partial charge is 0.125 e. The Balaban J connectivity index is 0.000000159. The van der Waals surface area contributed by atoms with Crippen molar-refractivity contribution in [3.63, 3.8) is 0 Å². The van der Waals surface area contributed by atoms with Gasteiger partial charge in [0.1, 0.15) is 166 Å². The number of para-hydroxylation sites is 3. The average molecular weight is 1330 g/mol. The molecular formula is C78H108O18. The summed E-state index contributed by atoms with van der Waals surface area (Å²) in [5, 5.41) is 0. The number of hydrogen-bond acceptors (Lipinski definition) is 18. The SMILES string of the molecule is CC.CC(C)C.CCC.Cc1cccc(C)c1OCC1CO1.Cc1cccc(C)c1OCC1CO1.Cc1cccc(C)c1OCC1CO1.c1cc(OCC2CO2)ccc1OCC1CO1.c1cc(OCC2CO2)ccc1OCC1CO1.c1cc(OCC2CO2)ccc1OCC1CO1. The minimum absolute atomic E-state index is 0.294. The standard InChI is InChI=1S/3C12H14O4.3C11H14O2.C4H10.C3H8.C2H6/c3*1-2-10(14-6-12-8-16-12)4-3-9(1)13-5-11-7-15-11;3*1-8-4-3-5-9(2)11(8)13-7-10-6-12-10;1-4(2)3;1-3-2;1-2/h3*1-4,11-12H,5-8H2;3*3-5,10H,6-7H2,1-2H3;4H,1-3H3;3H2,1-2H3;1-2H3. The fourth-order valence-corrected chi connectivity index (χ4v) is 8.12. The number of ether oxygens (including phenoxy) is 18. The van der Waals surface area contributed by atoms with E-state index in [9.17, 15) is 0 Å². The van der Waals surface area contributed by atoms with Crippen LogP contribution in [0.2, 0.25) is 0 Å². The molecule has 0 saturated carbocycles. The zero-order valence-corrected chi connectivity index (χ0v) is 59.2.